The van der Waals surface area contributed by atoms with Crippen LogP contribution in [-0.2, 0) is 23.2 Å². The number of hydrogen-bond donors (Lipinski definition) is 0. The van der Waals surface area contributed by atoms with E-state index in [1.165, 1.54) is 6.42 Å². The number of fused-ring (bicyclic) bond motifs is 1. The summed E-state index contributed by atoms with van der Waals surface area (Å²) in [5.41, 5.74) is -0.108. The molecule has 2 aromatic heterocycles. The fourth-order valence-corrected chi connectivity index (χ4v) is 4.54. The number of nitrogens with zero attached hydrogens (tertiary/aromatic N) is 5. The first-order valence-corrected chi connectivity index (χ1v) is 9.63. The van der Waals surface area contributed by atoms with Crippen LogP contribution in [0.15, 0.2) is 23.2 Å². The molecule has 0 unspecified atom stereocenters. The van der Waals surface area contributed by atoms with Gasteiger partial charge in [0.05, 0.1) is 11.7 Å². The lowest BCUT2D eigenvalue weighted by Crippen LogP contribution is -2.35. The molecule has 2 aromatic rings. The van der Waals surface area contributed by atoms with Gasteiger partial charge >= 0.3 is 0 Å². The number of rotatable bonds is 6. The van der Waals surface area contributed by atoms with Crippen LogP contribution < -0.4 is 0 Å². The van der Waals surface area contributed by atoms with Crippen LogP contribution in [0.1, 0.15) is 51.2 Å². The molecular formula is C19H27N5O2. The molecule has 2 aliphatic rings. The fourth-order valence-electron chi connectivity index (χ4n) is 4.54. The first-order valence-electron chi connectivity index (χ1n) is 9.63. The molecule has 140 valence electrons. The van der Waals surface area contributed by atoms with Gasteiger partial charge in [0.15, 0.2) is 5.82 Å². The van der Waals surface area contributed by atoms with E-state index in [2.05, 4.69) is 24.0 Å². The van der Waals surface area contributed by atoms with Crippen molar-refractivity contribution >= 4 is 5.91 Å². The maximum Gasteiger partial charge on any atom is 0.226 e. The van der Waals surface area contributed by atoms with Crippen LogP contribution in [0.3, 0.4) is 0 Å². The van der Waals surface area contributed by atoms with Gasteiger partial charge < -0.3 is 14.0 Å². The average Bonchev–Trinajstić information content (AvgIpc) is 3.34. The SMILES string of the molecule is CC(C)Cc1nc([C@@]23CCC[C@@H]2CN(C(=O)CCn2ccnc2)C3)no1. The minimum Gasteiger partial charge on any atom is -0.341 e. The summed E-state index contributed by atoms with van der Waals surface area (Å²) in [4.78, 5) is 23.5. The summed E-state index contributed by atoms with van der Waals surface area (Å²) in [6.07, 6.45) is 10.1. The number of aromatic nitrogens is 4. The molecule has 2 fully saturated rings. The Kier molecular flexibility index (Phi) is 4.54. The van der Waals surface area contributed by atoms with E-state index in [-0.39, 0.29) is 11.3 Å². The summed E-state index contributed by atoms with van der Waals surface area (Å²) in [7, 11) is 0. The molecule has 1 amide bonds. The first kappa shape index (κ1) is 17.2. The van der Waals surface area contributed by atoms with Gasteiger partial charge in [-0.15, -0.1) is 0 Å². The van der Waals surface area contributed by atoms with Crippen LogP contribution in [0.2, 0.25) is 0 Å². The predicted octanol–water partition coefficient (Wildman–Crippen LogP) is 2.44. The number of aryl methyl sites for hydroxylation is 1. The molecule has 1 aliphatic heterocycles. The molecule has 0 radical (unpaired) electrons. The molecule has 7 nitrogen and oxygen atoms in total. The molecule has 0 bridgehead atoms. The van der Waals surface area contributed by atoms with Gasteiger partial charge in [0.25, 0.3) is 0 Å². The van der Waals surface area contributed by atoms with Crippen molar-refractivity contribution in [3.8, 4) is 0 Å². The van der Waals surface area contributed by atoms with E-state index in [9.17, 15) is 4.79 Å². The van der Waals surface area contributed by atoms with E-state index in [1.54, 1.807) is 12.5 Å². The Morgan fingerprint density at radius 1 is 1.46 bits per heavy atom. The Labute approximate surface area is 153 Å². The molecule has 7 heteroatoms. The lowest BCUT2D eigenvalue weighted by Gasteiger charge is -2.24. The minimum atomic E-state index is -0.108. The number of amides is 1. The monoisotopic (exact) mass is 357 g/mol. The summed E-state index contributed by atoms with van der Waals surface area (Å²) in [6.45, 7) is 6.51. The van der Waals surface area contributed by atoms with Gasteiger partial charge in [-0.3, -0.25) is 4.79 Å². The highest BCUT2D eigenvalue weighted by atomic mass is 16.5. The van der Waals surface area contributed by atoms with Crippen LogP contribution >= 0.6 is 0 Å². The Hall–Kier alpha value is -2.18. The maximum absolute atomic E-state index is 12.7. The van der Waals surface area contributed by atoms with Gasteiger partial charge in [-0.25, -0.2) is 4.98 Å². The number of carbonyl (C=O) groups is 1. The zero-order valence-corrected chi connectivity index (χ0v) is 15.6. The topological polar surface area (TPSA) is 77.1 Å². The Morgan fingerprint density at radius 3 is 3.12 bits per heavy atom. The summed E-state index contributed by atoms with van der Waals surface area (Å²) >= 11 is 0. The van der Waals surface area contributed by atoms with Crippen LogP contribution in [0, 0.1) is 11.8 Å². The second-order valence-electron chi connectivity index (χ2n) is 8.18. The second kappa shape index (κ2) is 6.85. The standard InChI is InChI=1S/C19H27N5O2/c1-14(2)10-16-21-18(22-26-16)19-6-3-4-15(19)11-24(12-19)17(25)5-8-23-9-7-20-13-23/h7,9,13-15H,3-6,8,10-12H2,1-2H3/t15-,19-/m1/s1. The quantitative estimate of drug-likeness (QED) is 0.793. The van der Waals surface area contributed by atoms with Crippen LogP contribution in [0.4, 0.5) is 0 Å². The van der Waals surface area contributed by atoms with Crippen molar-refractivity contribution in [2.24, 2.45) is 11.8 Å². The Balaban J connectivity index is 1.46. The van der Waals surface area contributed by atoms with Gasteiger partial charge in [-0.05, 0) is 24.7 Å². The highest BCUT2D eigenvalue weighted by Crippen LogP contribution is 2.49. The van der Waals surface area contributed by atoms with Crippen molar-refractivity contribution in [1.29, 1.82) is 0 Å². The Morgan fingerprint density at radius 2 is 2.35 bits per heavy atom. The molecule has 4 rings (SSSR count). The first-order chi connectivity index (χ1) is 12.6. The molecule has 2 atom stereocenters. The minimum absolute atomic E-state index is 0.108. The van der Waals surface area contributed by atoms with Crippen LogP contribution in [0.5, 0.6) is 0 Å². The summed E-state index contributed by atoms with van der Waals surface area (Å²) in [6, 6.07) is 0. The molecule has 3 heterocycles. The molecule has 0 N–H and O–H groups in total. The molecular weight excluding hydrogens is 330 g/mol. The number of likely N-dealkylation sites (tertiary alicyclic amines) is 1. The lowest BCUT2D eigenvalue weighted by atomic mass is 9.80. The van der Waals surface area contributed by atoms with Gasteiger partial charge in [0.2, 0.25) is 11.8 Å². The van der Waals surface area contributed by atoms with E-state index in [1.807, 2.05) is 15.7 Å². The zero-order valence-electron chi connectivity index (χ0n) is 15.6. The second-order valence-corrected chi connectivity index (χ2v) is 8.18. The van der Waals surface area contributed by atoms with Gasteiger partial charge in [-0.2, -0.15) is 4.98 Å². The highest BCUT2D eigenvalue weighted by Gasteiger charge is 2.54. The van der Waals surface area contributed by atoms with Crippen molar-refractivity contribution in [2.45, 2.75) is 57.9 Å². The molecule has 1 saturated heterocycles. The highest BCUT2D eigenvalue weighted by molar-refractivity contribution is 5.76. The molecule has 26 heavy (non-hydrogen) atoms. The third-order valence-electron chi connectivity index (χ3n) is 5.86. The van der Waals surface area contributed by atoms with Crippen molar-refractivity contribution < 1.29 is 9.32 Å². The van der Waals surface area contributed by atoms with E-state index < -0.39 is 0 Å². The smallest absolute Gasteiger partial charge is 0.226 e. The van der Waals surface area contributed by atoms with Crippen LogP contribution in [0.25, 0.3) is 0 Å². The van der Waals surface area contributed by atoms with Gasteiger partial charge in [0.1, 0.15) is 0 Å². The van der Waals surface area contributed by atoms with Crippen LogP contribution in [-0.4, -0.2) is 43.6 Å². The predicted molar refractivity (Wildman–Crippen MR) is 95.3 cm³/mol. The van der Waals surface area contributed by atoms with E-state index in [4.69, 9.17) is 9.51 Å². The van der Waals surface area contributed by atoms with E-state index >= 15 is 0 Å². The molecule has 1 saturated carbocycles. The third kappa shape index (κ3) is 3.15. The fraction of sp³-hybridized carbons (Fsp3) is 0.684. The largest absolute Gasteiger partial charge is 0.341 e. The molecule has 0 aromatic carbocycles. The number of hydrogen-bond acceptors (Lipinski definition) is 5. The normalized spacial score (nSPS) is 25.2. The number of imidazole rings is 1. The summed E-state index contributed by atoms with van der Waals surface area (Å²) in [5.74, 6) is 2.69. The van der Waals surface area contributed by atoms with Crippen molar-refractivity contribution in [3.63, 3.8) is 0 Å². The van der Waals surface area contributed by atoms with E-state index in [0.717, 1.165) is 44.1 Å². The molecule has 0 spiro atoms. The molecule has 1 aliphatic carbocycles. The zero-order chi connectivity index (χ0) is 18.1. The Bertz CT molecular complexity index is 754. The van der Waals surface area contributed by atoms with Crippen molar-refractivity contribution in [2.75, 3.05) is 13.1 Å². The van der Waals surface area contributed by atoms with Crippen molar-refractivity contribution in [3.05, 3.63) is 30.4 Å². The lowest BCUT2D eigenvalue weighted by molar-refractivity contribution is -0.130. The summed E-state index contributed by atoms with van der Waals surface area (Å²) < 4.78 is 7.45. The van der Waals surface area contributed by atoms with Gasteiger partial charge in [0, 0.05) is 44.9 Å². The van der Waals surface area contributed by atoms with E-state index in [0.29, 0.717) is 24.8 Å². The third-order valence-corrected chi connectivity index (χ3v) is 5.86. The maximum atomic E-state index is 12.7. The summed E-state index contributed by atoms with van der Waals surface area (Å²) in [5, 5.41) is 4.33. The number of carbonyl (C=O) groups excluding carboxylic acids is 1. The average molecular weight is 357 g/mol. The van der Waals surface area contributed by atoms with Gasteiger partial charge in [-0.1, -0.05) is 25.4 Å². The van der Waals surface area contributed by atoms with Crippen molar-refractivity contribution in [1.82, 2.24) is 24.6 Å².